The first kappa shape index (κ1) is 27.8. The number of ether oxygens (including phenoxy) is 1. The molecule has 0 bridgehead atoms. The number of carbonyl (C=O) groups excluding carboxylic acids is 1. The van der Waals surface area contributed by atoms with Gasteiger partial charge >= 0.3 is 0 Å². The van der Waals surface area contributed by atoms with Crippen LogP contribution in [-0.4, -0.2) is 71.6 Å². The Morgan fingerprint density at radius 1 is 1.24 bits per heavy atom. The molecule has 7 rings (SSSR count). The van der Waals surface area contributed by atoms with Crippen LogP contribution in [0.15, 0.2) is 17.0 Å². The van der Waals surface area contributed by atoms with Crippen LogP contribution in [0.1, 0.15) is 86.5 Å². The topological polar surface area (TPSA) is 120 Å². The van der Waals surface area contributed by atoms with Crippen molar-refractivity contribution in [2.24, 2.45) is 5.73 Å². The fraction of sp³-hybridized carbons (Fsp3) is 0.625. The van der Waals surface area contributed by atoms with Gasteiger partial charge in [0, 0.05) is 52.6 Å². The molecule has 3 N–H and O–H groups in total. The second kappa shape index (κ2) is 10.6. The van der Waals surface area contributed by atoms with Crippen LogP contribution in [0.4, 0.5) is 5.82 Å². The highest BCUT2D eigenvalue weighted by Gasteiger charge is 2.50. The highest BCUT2D eigenvalue weighted by molar-refractivity contribution is 7.10. The number of nitrogens with one attached hydrogen (secondary N) is 1. The summed E-state index contributed by atoms with van der Waals surface area (Å²) in [6, 6.07) is 5.01. The number of Topliss-reactive ketones (excluding diaryl/α,β-unsaturated/α-hetero) is 1. The Kier molecular flexibility index (Phi) is 7.03. The SMILES string of the molecule is C[C@@H]1CN(c2cc(OC[C@@H]3CCCN3C)nc(/C(N)=C3\CCC[C@@]4(CCCc5scc(C#N)c54)C3=O)n2)CC2(CC2)N1. The number of likely N-dealkylation sites (N-methyl/N-ethyl adjacent to an activating group) is 1. The number of fused-ring (bicyclic) bond motifs is 2. The third-order valence-corrected chi connectivity index (χ3v) is 11.3. The van der Waals surface area contributed by atoms with E-state index in [1.807, 2.05) is 11.4 Å². The number of allylic oxidation sites excluding steroid dienone is 1. The summed E-state index contributed by atoms with van der Waals surface area (Å²) in [6.45, 7) is 5.58. The van der Waals surface area contributed by atoms with E-state index in [-0.39, 0.29) is 11.3 Å². The average Bonchev–Trinajstić information content (AvgIpc) is 3.36. The number of ketones is 1. The van der Waals surface area contributed by atoms with E-state index in [0.29, 0.717) is 53.6 Å². The highest BCUT2D eigenvalue weighted by atomic mass is 32.1. The van der Waals surface area contributed by atoms with Crippen molar-refractivity contribution in [2.45, 2.75) is 94.2 Å². The maximum absolute atomic E-state index is 14.4. The van der Waals surface area contributed by atoms with E-state index in [4.69, 9.17) is 20.4 Å². The van der Waals surface area contributed by atoms with Crippen molar-refractivity contribution in [3.8, 4) is 11.9 Å². The minimum absolute atomic E-state index is 0.0545. The molecule has 2 aromatic heterocycles. The minimum Gasteiger partial charge on any atom is -0.476 e. The monoisotopic (exact) mass is 587 g/mol. The molecule has 2 saturated carbocycles. The molecule has 2 aromatic rings. The van der Waals surface area contributed by atoms with E-state index < -0.39 is 5.41 Å². The van der Waals surface area contributed by atoms with Gasteiger partial charge in [-0.25, -0.2) is 4.98 Å². The average molecular weight is 588 g/mol. The maximum Gasteiger partial charge on any atom is 0.219 e. The normalized spacial score (nSPS) is 29.9. The van der Waals surface area contributed by atoms with Crippen molar-refractivity contribution in [1.82, 2.24) is 20.2 Å². The zero-order chi connectivity index (χ0) is 29.1. The summed E-state index contributed by atoms with van der Waals surface area (Å²) in [6.07, 6.45) is 9.44. The molecule has 4 fully saturated rings. The lowest BCUT2D eigenvalue weighted by Gasteiger charge is -2.40. The van der Waals surface area contributed by atoms with Gasteiger partial charge in [-0.1, -0.05) is 0 Å². The van der Waals surface area contributed by atoms with E-state index in [2.05, 4.69) is 35.2 Å². The molecule has 2 saturated heterocycles. The summed E-state index contributed by atoms with van der Waals surface area (Å²) >= 11 is 1.62. The molecular formula is C32H41N7O2S. The molecule has 222 valence electrons. The molecule has 0 radical (unpaired) electrons. The van der Waals surface area contributed by atoms with E-state index in [1.165, 1.54) is 24.1 Å². The second-order valence-corrected chi connectivity index (χ2v) is 14.2. The molecule has 2 aliphatic heterocycles. The van der Waals surface area contributed by atoms with Gasteiger partial charge < -0.3 is 25.6 Å². The molecule has 4 heterocycles. The molecule has 3 aliphatic carbocycles. The zero-order valence-corrected chi connectivity index (χ0v) is 25.6. The number of anilines is 1. The predicted molar refractivity (Wildman–Crippen MR) is 164 cm³/mol. The van der Waals surface area contributed by atoms with Crippen LogP contribution in [-0.2, 0) is 16.6 Å². The number of thiophene rings is 1. The zero-order valence-electron chi connectivity index (χ0n) is 24.7. The van der Waals surface area contributed by atoms with Crippen LogP contribution in [0.3, 0.4) is 0 Å². The van der Waals surface area contributed by atoms with Crippen molar-refractivity contribution in [1.29, 1.82) is 5.26 Å². The fourth-order valence-electron chi connectivity index (χ4n) is 7.96. The van der Waals surface area contributed by atoms with Crippen LogP contribution in [0.5, 0.6) is 5.88 Å². The van der Waals surface area contributed by atoms with Crippen molar-refractivity contribution >= 4 is 28.6 Å². The van der Waals surface area contributed by atoms with Gasteiger partial charge in [0.05, 0.1) is 16.7 Å². The highest BCUT2D eigenvalue weighted by Crippen LogP contribution is 2.50. The molecule has 42 heavy (non-hydrogen) atoms. The van der Waals surface area contributed by atoms with Crippen molar-refractivity contribution in [3.05, 3.63) is 38.8 Å². The van der Waals surface area contributed by atoms with Gasteiger partial charge in [0.2, 0.25) is 5.88 Å². The van der Waals surface area contributed by atoms with E-state index in [0.717, 1.165) is 69.5 Å². The molecule has 9 nitrogen and oxygen atoms in total. The van der Waals surface area contributed by atoms with Crippen LogP contribution in [0, 0.1) is 11.3 Å². The molecule has 0 unspecified atom stereocenters. The number of aromatic nitrogens is 2. The minimum atomic E-state index is -0.673. The number of likely N-dealkylation sites (tertiary alicyclic amines) is 1. The molecule has 3 atom stereocenters. The lowest BCUT2D eigenvalue weighted by Crippen LogP contribution is -2.57. The van der Waals surface area contributed by atoms with Gasteiger partial charge in [0.25, 0.3) is 0 Å². The van der Waals surface area contributed by atoms with Crippen LogP contribution in [0.25, 0.3) is 5.70 Å². The summed E-state index contributed by atoms with van der Waals surface area (Å²) in [5.74, 6) is 1.75. The van der Waals surface area contributed by atoms with E-state index >= 15 is 0 Å². The number of piperazine rings is 1. The third kappa shape index (κ3) is 4.80. The number of nitrogens with two attached hydrogens (primary N) is 1. The second-order valence-electron chi connectivity index (χ2n) is 13.3. The quantitative estimate of drug-likeness (QED) is 0.502. The molecule has 10 heteroatoms. The third-order valence-electron chi connectivity index (χ3n) is 10.3. The number of hydrogen-bond donors (Lipinski definition) is 2. The van der Waals surface area contributed by atoms with Crippen LogP contribution < -0.4 is 20.7 Å². The summed E-state index contributed by atoms with van der Waals surface area (Å²) in [7, 11) is 2.14. The number of nitriles is 1. The number of carbonyl (C=O) groups is 1. The van der Waals surface area contributed by atoms with Gasteiger partial charge in [0.1, 0.15) is 18.5 Å². The van der Waals surface area contributed by atoms with E-state index in [1.54, 1.807) is 11.3 Å². The lowest BCUT2D eigenvalue weighted by molar-refractivity contribution is -0.122. The van der Waals surface area contributed by atoms with Gasteiger partial charge in [0.15, 0.2) is 11.6 Å². The molecular weight excluding hydrogens is 546 g/mol. The number of hydrogen-bond acceptors (Lipinski definition) is 10. The van der Waals surface area contributed by atoms with Gasteiger partial charge in [-0.05, 0) is 90.3 Å². The Hall–Kier alpha value is -3.00. The van der Waals surface area contributed by atoms with Gasteiger partial charge in [-0.2, -0.15) is 10.2 Å². The van der Waals surface area contributed by atoms with Crippen molar-refractivity contribution in [2.75, 3.05) is 38.2 Å². The Bertz CT molecular complexity index is 1470. The van der Waals surface area contributed by atoms with Gasteiger partial charge in [-0.3, -0.25) is 4.79 Å². The largest absolute Gasteiger partial charge is 0.476 e. The molecule has 0 amide bonds. The molecule has 0 aromatic carbocycles. The van der Waals surface area contributed by atoms with Crippen LogP contribution in [0.2, 0.25) is 0 Å². The number of rotatable bonds is 5. The summed E-state index contributed by atoms with van der Waals surface area (Å²) < 4.78 is 6.33. The van der Waals surface area contributed by atoms with Crippen LogP contribution >= 0.6 is 11.3 Å². The maximum atomic E-state index is 14.4. The smallest absolute Gasteiger partial charge is 0.219 e. The first-order valence-electron chi connectivity index (χ1n) is 15.6. The Labute approximate surface area is 252 Å². The van der Waals surface area contributed by atoms with E-state index in [9.17, 15) is 10.1 Å². The molecule has 5 aliphatic rings. The lowest BCUT2D eigenvalue weighted by atomic mass is 9.61. The molecule has 2 spiro atoms. The van der Waals surface area contributed by atoms with Crippen molar-refractivity contribution in [3.63, 3.8) is 0 Å². The number of nitrogens with zero attached hydrogens (tertiary/aromatic N) is 5. The first-order valence-corrected chi connectivity index (χ1v) is 16.5. The Morgan fingerprint density at radius 3 is 2.79 bits per heavy atom. The fourth-order valence-corrected chi connectivity index (χ4v) is 9.08. The summed E-state index contributed by atoms with van der Waals surface area (Å²) in [5.41, 5.74) is 8.95. The standard InChI is InChI=1S/C32H41N7O2S/c1-20-16-39(19-31(37-20)11-12-31)25-14-26(41-17-22-6-5-13-38(22)2)36-30(35-25)28(34)23-7-3-9-32(29(23)40)10-4-8-24-27(32)21(15-33)18-42-24/h14,18,20,22,37H,3-13,16-17,19,34H2,1-2H3/b28-23-/t20-,22+,32+/m1/s1. The van der Waals surface area contributed by atoms with Gasteiger partial charge in [-0.15, -0.1) is 11.3 Å². The first-order chi connectivity index (χ1) is 20.3. The number of aryl methyl sites for hydroxylation is 1. The predicted octanol–water partition coefficient (Wildman–Crippen LogP) is 3.91. The summed E-state index contributed by atoms with van der Waals surface area (Å²) in [5, 5.41) is 15.6. The summed E-state index contributed by atoms with van der Waals surface area (Å²) in [4.78, 5) is 30.1. The Balaban J connectivity index is 1.26. The van der Waals surface area contributed by atoms with Crippen molar-refractivity contribution < 1.29 is 9.53 Å². The Morgan fingerprint density at radius 2 is 2.05 bits per heavy atom.